The Morgan fingerprint density at radius 2 is 2.31 bits per heavy atom. The third-order valence-electron chi connectivity index (χ3n) is 2.14. The fourth-order valence-electron chi connectivity index (χ4n) is 1.33. The van der Waals surface area contributed by atoms with Crippen molar-refractivity contribution in [2.45, 2.75) is 12.5 Å². The average Bonchev–Trinajstić information content (AvgIpc) is 2.76. The molecular weight excluding hydrogens is 251 g/mol. The molecule has 0 aliphatic carbocycles. The molecule has 2 aromatic rings. The Balaban J connectivity index is 2.17. The van der Waals surface area contributed by atoms with Crippen LogP contribution in [-0.2, 0) is 6.42 Å². The molecule has 0 amide bonds. The second kappa shape index (κ2) is 4.86. The van der Waals surface area contributed by atoms with Gasteiger partial charge in [-0.2, -0.15) is 0 Å². The largest absolute Gasteiger partial charge is 0.386 e. The molecule has 0 saturated carbocycles. The summed E-state index contributed by atoms with van der Waals surface area (Å²) in [5.74, 6) is -0.372. The molecule has 84 valence electrons. The van der Waals surface area contributed by atoms with Gasteiger partial charge in [0, 0.05) is 16.8 Å². The minimum absolute atomic E-state index is 0.224. The van der Waals surface area contributed by atoms with E-state index >= 15 is 0 Å². The number of hydrogen-bond donors (Lipinski definition) is 1. The molecule has 1 N–H and O–H groups in total. The summed E-state index contributed by atoms with van der Waals surface area (Å²) < 4.78 is 16.6. The lowest BCUT2D eigenvalue weighted by Gasteiger charge is -2.08. The van der Waals surface area contributed by atoms with Crippen LogP contribution in [0.25, 0.3) is 0 Å². The van der Waals surface area contributed by atoms with Gasteiger partial charge in [-0.15, -0.1) is 5.10 Å². The Bertz CT molecular complexity index is 478. The predicted molar refractivity (Wildman–Crippen MR) is 60.0 cm³/mol. The van der Waals surface area contributed by atoms with Crippen LogP contribution in [0.15, 0.2) is 23.6 Å². The third kappa shape index (κ3) is 2.55. The summed E-state index contributed by atoms with van der Waals surface area (Å²) >= 11 is 7.05. The molecule has 0 spiro atoms. The Morgan fingerprint density at radius 3 is 3.00 bits per heavy atom. The van der Waals surface area contributed by atoms with Crippen molar-refractivity contribution in [2.24, 2.45) is 0 Å². The van der Waals surface area contributed by atoms with Crippen LogP contribution in [0.4, 0.5) is 4.39 Å². The summed E-state index contributed by atoms with van der Waals surface area (Å²) in [6.45, 7) is 0. The topological polar surface area (TPSA) is 46.0 Å². The molecule has 0 radical (unpaired) electrons. The van der Waals surface area contributed by atoms with Gasteiger partial charge in [0.2, 0.25) is 0 Å². The van der Waals surface area contributed by atoms with E-state index in [0.717, 1.165) is 11.5 Å². The summed E-state index contributed by atoms with van der Waals surface area (Å²) in [6, 6.07) is 4.06. The second-order valence-electron chi connectivity index (χ2n) is 3.29. The van der Waals surface area contributed by atoms with Crippen molar-refractivity contribution in [3.8, 4) is 0 Å². The van der Waals surface area contributed by atoms with Crippen LogP contribution in [0.2, 0.25) is 5.02 Å². The minimum atomic E-state index is -0.807. The van der Waals surface area contributed by atoms with Crippen LogP contribution in [0, 0.1) is 5.82 Å². The SMILES string of the molecule is OC(Cc1cc(F)ccc1Cl)c1csnn1. The van der Waals surface area contributed by atoms with E-state index in [1.54, 1.807) is 5.38 Å². The van der Waals surface area contributed by atoms with Gasteiger partial charge < -0.3 is 5.11 Å². The molecule has 3 nitrogen and oxygen atoms in total. The summed E-state index contributed by atoms with van der Waals surface area (Å²) in [7, 11) is 0. The van der Waals surface area contributed by atoms with Gasteiger partial charge in [0.25, 0.3) is 0 Å². The van der Waals surface area contributed by atoms with Crippen molar-refractivity contribution in [3.63, 3.8) is 0 Å². The monoisotopic (exact) mass is 258 g/mol. The van der Waals surface area contributed by atoms with Crippen molar-refractivity contribution >= 4 is 23.1 Å². The first-order valence-electron chi connectivity index (χ1n) is 4.56. The van der Waals surface area contributed by atoms with E-state index in [9.17, 15) is 9.50 Å². The van der Waals surface area contributed by atoms with Crippen LogP contribution in [0.1, 0.15) is 17.4 Å². The number of aliphatic hydroxyl groups excluding tert-OH is 1. The molecule has 1 heterocycles. The number of aliphatic hydroxyl groups is 1. The summed E-state index contributed by atoms with van der Waals surface area (Å²) in [6.07, 6.45) is -0.583. The zero-order chi connectivity index (χ0) is 11.5. The molecule has 0 saturated heterocycles. The van der Waals surface area contributed by atoms with Crippen LogP contribution in [0.5, 0.6) is 0 Å². The quantitative estimate of drug-likeness (QED) is 0.921. The zero-order valence-corrected chi connectivity index (χ0v) is 9.67. The van der Waals surface area contributed by atoms with E-state index < -0.39 is 6.10 Å². The number of aromatic nitrogens is 2. The van der Waals surface area contributed by atoms with Gasteiger partial charge in [-0.05, 0) is 35.3 Å². The van der Waals surface area contributed by atoms with Gasteiger partial charge in [0.15, 0.2) is 0 Å². The number of hydrogen-bond acceptors (Lipinski definition) is 4. The lowest BCUT2D eigenvalue weighted by molar-refractivity contribution is 0.173. The van der Waals surface area contributed by atoms with Gasteiger partial charge in [0.1, 0.15) is 17.6 Å². The van der Waals surface area contributed by atoms with Crippen molar-refractivity contribution < 1.29 is 9.50 Å². The van der Waals surface area contributed by atoms with E-state index in [2.05, 4.69) is 9.59 Å². The van der Waals surface area contributed by atoms with Gasteiger partial charge in [-0.1, -0.05) is 16.1 Å². The lowest BCUT2D eigenvalue weighted by Crippen LogP contribution is -2.03. The van der Waals surface area contributed by atoms with Gasteiger partial charge >= 0.3 is 0 Å². The van der Waals surface area contributed by atoms with E-state index in [1.807, 2.05) is 0 Å². The normalized spacial score (nSPS) is 12.7. The first kappa shape index (κ1) is 11.4. The first-order chi connectivity index (χ1) is 7.66. The maximum atomic E-state index is 13.0. The minimum Gasteiger partial charge on any atom is -0.386 e. The van der Waals surface area contributed by atoms with Gasteiger partial charge in [0.05, 0.1) is 0 Å². The van der Waals surface area contributed by atoms with Crippen molar-refractivity contribution in [1.29, 1.82) is 0 Å². The van der Waals surface area contributed by atoms with E-state index in [1.165, 1.54) is 18.2 Å². The second-order valence-corrected chi connectivity index (χ2v) is 4.30. The highest BCUT2D eigenvalue weighted by molar-refractivity contribution is 7.03. The fourth-order valence-corrected chi connectivity index (χ4v) is 2.03. The molecule has 0 fully saturated rings. The molecule has 0 aliphatic heterocycles. The maximum absolute atomic E-state index is 13.0. The smallest absolute Gasteiger partial charge is 0.123 e. The summed E-state index contributed by atoms with van der Waals surface area (Å²) in [4.78, 5) is 0. The Kier molecular flexibility index (Phi) is 3.48. The first-order valence-corrected chi connectivity index (χ1v) is 5.77. The molecule has 16 heavy (non-hydrogen) atoms. The molecule has 0 bridgehead atoms. The number of rotatable bonds is 3. The maximum Gasteiger partial charge on any atom is 0.123 e. The molecule has 1 atom stereocenters. The van der Waals surface area contributed by atoms with Crippen molar-refractivity contribution in [2.75, 3.05) is 0 Å². The van der Waals surface area contributed by atoms with E-state index in [-0.39, 0.29) is 12.2 Å². The predicted octanol–water partition coefficient (Wildman–Crippen LogP) is 2.61. The van der Waals surface area contributed by atoms with E-state index in [4.69, 9.17) is 11.6 Å². The molecule has 1 aromatic carbocycles. The number of benzene rings is 1. The van der Waals surface area contributed by atoms with Crippen molar-refractivity contribution in [3.05, 3.63) is 45.7 Å². The lowest BCUT2D eigenvalue weighted by atomic mass is 10.1. The summed E-state index contributed by atoms with van der Waals surface area (Å²) in [5, 5.41) is 15.6. The van der Waals surface area contributed by atoms with E-state index in [0.29, 0.717) is 16.3 Å². The van der Waals surface area contributed by atoms with Gasteiger partial charge in [-0.25, -0.2) is 4.39 Å². The third-order valence-corrected chi connectivity index (χ3v) is 3.03. The number of halogens is 2. The molecule has 1 unspecified atom stereocenters. The Hall–Kier alpha value is -1.04. The number of nitrogens with zero attached hydrogens (tertiary/aromatic N) is 2. The molecule has 6 heteroatoms. The highest BCUT2D eigenvalue weighted by atomic mass is 35.5. The summed E-state index contributed by atoms with van der Waals surface area (Å²) in [5.41, 5.74) is 1.03. The van der Waals surface area contributed by atoms with Crippen LogP contribution >= 0.6 is 23.1 Å². The molecular formula is C10H8ClFN2OS. The van der Waals surface area contributed by atoms with Crippen molar-refractivity contribution in [1.82, 2.24) is 9.59 Å². The fraction of sp³-hybridized carbons (Fsp3) is 0.200. The standard InChI is InChI=1S/C10H8ClFN2OS/c11-8-2-1-7(12)3-6(8)4-10(15)9-5-16-14-13-9/h1-3,5,10,15H,4H2. The molecule has 2 rings (SSSR count). The Morgan fingerprint density at radius 1 is 1.50 bits per heavy atom. The van der Waals surface area contributed by atoms with Gasteiger partial charge in [-0.3, -0.25) is 0 Å². The highest BCUT2D eigenvalue weighted by Gasteiger charge is 2.13. The average molecular weight is 259 g/mol. The molecule has 1 aromatic heterocycles. The van der Waals surface area contributed by atoms with Crippen LogP contribution < -0.4 is 0 Å². The highest BCUT2D eigenvalue weighted by Crippen LogP contribution is 2.23. The zero-order valence-electron chi connectivity index (χ0n) is 8.10. The van der Waals surface area contributed by atoms with Crippen LogP contribution in [0.3, 0.4) is 0 Å². The molecule has 0 aliphatic rings. The Labute approximate surface area is 101 Å². The van der Waals surface area contributed by atoms with Crippen LogP contribution in [-0.4, -0.2) is 14.7 Å².